The van der Waals surface area contributed by atoms with E-state index in [-0.39, 0.29) is 30.8 Å². The summed E-state index contributed by atoms with van der Waals surface area (Å²) in [6.07, 6.45) is 3.85. The van der Waals surface area contributed by atoms with Crippen molar-refractivity contribution in [1.29, 1.82) is 0 Å². The Labute approximate surface area is 191 Å². The number of rotatable bonds is 13. The lowest BCUT2D eigenvalue weighted by atomic mass is 9.77. The van der Waals surface area contributed by atoms with Crippen LogP contribution in [0.3, 0.4) is 0 Å². The maximum Gasteiger partial charge on any atom is 0.400 e. The van der Waals surface area contributed by atoms with E-state index in [1.807, 2.05) is 12.1 Å². The molecule has 1 aliphatic rings. The molecule has 32 heavy (non-hydrogen) atoms. The molecule has 0 amide bonds. The van der Waals surface area contributed by atoms with E-state index in [1.54, 1.807) is 19.1 Å². The van der Waals surface area contributed by atoms with Crippen LogP contribution in [0.25, 0.3) is 0 Å². The van der Waals surface area contributed by atoms with Gasteiger partial charge in [0.05, 0.1) is 12.5 Å². The molecule has 180 valence electrons. The van der Waals surface area contributed by atoms with E-state index >= 15 is 0 Å². The maximum absolute atomic E-state index is 14.8. The number of ether oxygens (including phenoxy) is 2. The fourth-order valence-corrected chi connectivity index (χ4v) is 4.26. The molecule has 6 heteroatoms. The Morgan fingerprint density at radius 3 is 2.41 bits per heavy atom. The van der Waals surface area contributed by atoms with Crippen molar-refractivity contribution in [3.63, 3.8) is 0 Å². The molecular formula is C26H38F2O4. The minimum atomic E-state index is -3.21. The number of esters is 1. The van der Waals surface area contributed by atoms with Crippen LogP contribution in [-0.4, -0.2) is 30.4 Å². The molecule has 1 aromatic carbocycles. The SMILES string of the molecule is C=C(C)C(=O)OCC(CO)CC1CCC(C(F)(F)Oc2ccc(CCCCC)cc2)CC1. The summed E-state index contributed by atoms with van der Waals surface area (Å²) in [6, 6.07) is 7.01. The van der Waals surface area contributed by atoms with Crippen molar-refractivity contribution < 1.29 is 28.2 Å². The van der Waals surface area contributed by atoms with Crippen LogP contribution in [0.4, 0.5) is 8.78 Å². The fraction of sp³-hybridized carbons (Fsp3) is 0.654. The minimum absolute atomic E-state index is 0.100. The summed E-state index contributed by atoms with van der Waals surface area (Å²) in [4.78, 5) is 11.5. The standard InChI is InChI=1S/C26H38F2O4/c1-4-5-6-7-20-10-14-24(15-11-20)32-26(27,28)23-12-8-21(9-13-23)16-22(17-29)18-31-25(30)19(2)3/h10-11,14-15,21-23,29H,2,4-9,12-13,16-18H2,1,3H3. The van der Waals surface area contributed by atoms with Gasteiger partial charge in [0, 0.05) is 18.1 Å². The number of halogens is 2. The smallest absolute Gasteiger partial charge is 0.400 e. The van der Waals surface area contributed by atoms with Gasteiger partial charge in [-0.3, -0.25) is 0 Å². The summed E-state index contributed by atoms with van der Waals surface area (Å²) in [5, 5.41) is 9.58. The Morgan fingerprint density at radius 2 is 1.84 bits per heavy atom. The van der Waals surface area contributed by atoms with Crippen LogP contribution in [0.2, 0.25) is 0 Å². The second-order valence-corrected chi connectivity index (χ2v) is 9.15. The van der Waals surface area contributed by atoms with Crippen LogP contribution < -0.4 is 4.74 Å². The molecule has 1 N–H and O–H groups in total. The molecule has 1 aliphatic carbocycles. The van der Waals surface area contributed by atoms with E-state index in [2.05, 4.69) is 13.5 Å². The molecule has 1 atom stereocenters. The van der Waals surface area contributed by atoms with E-state index in [0.717, 1.165) is 31.2 Å². The molecule has 0 heterocycles. The van der Waals surface area contributed by atoms with Crippen molar-refractivity contribution in [1.82, 2.24) is 0 Å². The predicted molar refractivity (Wildman–Crippen MR) is 122 cm³/mol. The molecular weight excluding hydrogens is 414 g/mol. The Bertz CT molecular complexity index is 709. The fourth-order valence-electron chi connectivity index (χ4n) is 4.26. The van der Waals surface area contributed by atoms with Crippen molar-refractivity contribution in [3.05, 3.63) is 42.0 Å². The second kappa shape index (κ2) is 12.9. The van der Waals surface area contributed by atoms with Crippen molar-refractivity contribution in [2.75, 3.05) is 13.2 Å². The van der Waals surface area contributed by atoms with Crippen LogP contribution >= 0.6 is 0 Å². The largest absolute Gasteiger partial charge is 0.462 e. The number of aliphatic hydroxyl groups is 1. The Morgan fingerprint density at radius 1 is 1.19 bits per heavy atom. The average Bonchev–Trinajstić information content (AvgIpc) is 2.77. The highest BCUT2D eigenvalue weighted by molar-refractivity contribution is 5.86. The second-order valence-electron chi connectivity index (χ2n) is 9.15. The zero-order chi connectivity index (χ0) is 23.6. The summed E-state index contributed by atoms with van der Waals surface area (Å²) in [5.41, 5.74) is 1.46. The quantitative estimate of drug-likeness (QED) is 0.216. The number of aryl methyl sites for hydroxylation is 1. The highest BCUT2D eigenvalue weighted by Gasteiger charge is 2.44. The van der Waals surface area contributed by atoms with Crippen LogP contribution in [0.1, 0.15) is 70.8 Å². The zero-order valence-corrected chi connectivity index (χ0v) is 19.5. The van der Waals surface area contributed by atoms with E-state index < -0.39 is 18.0 Å². The lowest BCUT2D eigenvalue weighted by molar-refractivity contribution is -0.223. The van der Waals surface area contributed by atoms with E-state index in [0.29, 0.717) is 37.7 Å². The lowest BCUT2D eigenvalue weighted by Gasteiger charge is -2.34. The number of aliphatic hydroxyl groups excluding tert-OH is 1. The number of unbranched alkanes of at least 4 members (excludes halogenated alkanes) is 2. The Kier molecular flexibility index (Phi) is 10.6. The molecule has 0 radical (unpaired) electrons. The summed E-state index contributed by atoms with van der Waals surface area (Å²) in [6.45, 7) is 7.28. The lowest BCUT2D eigenvalue weighted by Crippen LogP contribution is -2.37. The monoisotopic (exact) mass is 452 g/mol. The molecule has 1 saturated carbocycles. The zero-order valence-electron chi connectivity index (χ0n) is 19.5. The van der Waals surface area contributed by atoms with E-state index in [4.69, 9.17) is 9.47 Å². The van der Waals surface area contributed by atoms with Gasteiger partial charge in [-0.05, 0) is 75.5 Å². The molecule has 4 nitrogen and oxygen atoms in total. The number of carbonyl (C=O) groups is 1. The third-order valence-corrected chi connectivity index (χ3v) is 6.29. The third kappa shape index (κ3) is 8.53. The third-order valence-electron chi connectivity index (χ3n) is 6.29. The number of hydrogen-bond donors (Lipinski definition) is 1. The summed E-state index contributed by atoms with van der Waals surface area (Å²) < 4.78 is 39.8. The predicted octanol–water partition coefficient (Wildman–Crippen LogP) is 6.32. The molecule has 0 aliphatic heterocycles. The summed E-state index contributed by atoms with van der Waals surface area (Å²) in [7, 11) is 0. The number of carbonyl (C=O) groups excluding carboxylic acids is 1. The highest BCUT2D eigenvalue weighted by Crippen LogP contribution is 2.41. The topological polar surface area (TPSA) is 55.8 Å². The van der Waals surface area contributed by atoms with Gasteiger partial charge in [-0.1, -0.05) is 38.5 Å². The van der Waals surface area contributed by atoms with Gasteiger partial charge in [-0.2, -0.15) is 8.78 Å². The van der Waals surface area contributed by atoms with Crippen LogP contribution in [0, 0.1) is 17.8 Å². The van der Waals surface area contributed by atoms with Gasteiger partial charge in [0.15, 0.2) is 0 Å². The molecule has 1 fully saturated rings. The highest BCUT2D eigenvalue weighted by atomic mass is 19.3. The van der Waals surface area contributed by atoms with Gasteiger partial charge in [0.1, 0.15) is 5.75 Å². The van der Waals surface area contributed by atoms with Gasteiger partial charge in [0.2, 0.25) is 0 Å². The van der Waals surface area contributed by atoms with Gasteiger partial charge in [-0.15, -0.1) is 0 Å². The number of benzene rings is 1. The minimum Gasteiger partial charge on any atom is -0.462 e. The maximum atomic E-state index is 14.8. The van der Waals surface area contributed by atoms with Crippen molar-refractivity contribution >= 4 is 5.97 Å². The summed E-state index contributed by atoms with van der Waals surface area (Å²) in [5.74, 6) is -1.05. The first-order valence-electron chi connectivity index (χ1n) is 11.8. The Hall–Kier alpha value is -1.95. The number of hydrogen-bond acceptors (Lipinski definition) is 4. The molecule has 0 aromatic heterocycles. The van der Waals surface area contributed by atoms with Crippen LogP contribution in [0.5, 0.6) is 5.75 Å². The number of alkyl halides is 2. The molecule has 0 spiro atoms. The van der Waals surface area contributed by atoms with E-state index in [9.17, 15) is 18.7 Å². The average molecular weight is 453 g/mol. The molecule has 1 unspecified atom stereocenters. The van der Waals surface area contributed by atoms with Gasteiger partial charge < -0.3 is 14.6 Å². The first-order chi connectivity index (χ1) is 15.2. The first kappa shape index (κ1) is 26.3. The van der Waals surface area contributed by atoms with Crippen molar-refractivity contribution in [2.24, 2.45) is 17.8 Å². The molecule has 2 rings (SSSR count). The van der Waals surface area contributed by atoms with Gasteiger partial charge in [-0.25, -0.2) is 4.79 Å². The molecule has 1 aromatic rings. The first-order valence-corrected chi connectivity index (χ1v) is 11.8. The van der Waals surface area contributed by atoms with E-state index in [1.165, 1.54) is 0 Å². The normalized spacial score (nSPS) is 19.9. The molecule has 0 saturated heterocycles. The summed E-state index contributed by atoms with van der Waals surface area (Å²) >= 11 is 0. The van der Waals surface area contributed by atoms with Crippen molar-refractivity contribution in [2.45, 2.75) is 77.7 Å². The van der Waals surface area contributed by atoms with Crippen molar-refractivity contribution in [3.8, 4) is 5.75 Å². The van der Waals surface area contributed by atoms with Crippen LogP contribution in [-0.2, 0) is 16.0 Å². The Balaban J connectivity index is 1.79. The molecule has 0 bridgehead atoms. The van der Waals surface area contributed by atoms with Gasteiger partial charge >= 0.3 is 12.1 Å². The van der Waals surface area contributed by atoms with Crippen LogP contribution in [0.15, 0.2) is 36.4 Å². The van der Waals surface area contributed by atoms with Gasteiger partial charge in [0.25, 0.3) is 0 Å².